The van der Waals surface area contributed by atoms with Crippen molar-refractivity contribution in [2.45, 2.75) is 39.1 Å². The largest absolute Gasteiger partial charge is 0.491 e. The van der Waals surface area contributed by atoms with Gasteiger partial charge in [0.2, 0.25) is 5.91 Å². The van der Waals surface area contributed by atoms with Crippen LogP contribution in [-0.4, -0.2) is 25.1 Å². The summed E-state index contributed by atoms with van der Waals surface area (Å²) in [5.74, 6) is -0.221. The molecule has 2 N–H and O–H groups in total. The highest BCUT2D eigenvalue weighted by Gasteiger charge is 2.34. The van der Waals surface area contributed by atoms with Crippen molar-refractivity contribution in [2.75, 3.05) is 13.1 Å². The summed E-state index contributed by atoms with van der Waals surface area (Å²) in [4.78, 5) is 11.9. The summed E-state index contributed by atoms with van der Waals surface area (Å²) in [6.07, 6.45) is -4.00. The van der Waals surface area contributed by atoms with Crippen LogP contribution >= 0.6 is 0 Å². The lowest BCUT2D eigenvalue weighted by molar-refractivity contribution is -0.138. The molecule has 0 aliphatic carbocycles. The Labute approximate surface area is 133 Å². The van der Waals surface area contributed by atoms with Crippen molar-refractivity contribution in [1.82, 2.24) is 10.6 Å². The van der Waals surface area contributed by atoms with Crippen molar-refractivity contribution < 1.29 is 22.7 Å². The zero-order chi connectivity index (χ0) is 17.0. The van der Waals surface area contributed by atoms with E-state index in [1.165, 1.54) is 12.1 Å². The number of nitrogens with one attached hydrogen (secondary N) is 2. The SMILES string of the molecule is CC(C)Oc1ccc(CNC(=O)[C@@H]2CCNC2)c(C(F)(F)F)c1. The third-order valence-corrected chi connectivity index (χ3v) is 3.64. The van der Waals surface area contributed by atoms with E-state index in [2.05, 4.69) is 10.6 Å². The first-order valence-electron chi connectivity index (χ1n) is 7.62. The van der Waals surface area contributed by atoms with Crippen LogP contribution in [-0.2, 0) is 17.5 Å². The van der Waals surface area contributed by atoms with Crippen LogP contribution in [0, 0.1) is 5.92 Å². The molecule has 7 heteroatoms. The minimum absolute atomic E-state index is 0.0351. The zero-order valence-corrected chi connectivity index (χ0v) is 13.2. The fraction of sp³-hybridized carbons (Fsp3) is 0.562. The fourth-order valence-electron chi connectivity index (χ4n) is 2.52. The summed E-state index contributed by atoms with van der Waals surface area (Å²) >= 11 is 0. The van der Waals surface area contributed by atoms with Gasteiger partial charge >= 0.3 is 6.18 Å². The molecule has 0 radical (unpaired) electrons. The molecular formula is C16H21F3N2O2. The average Bonchev–Trinajstić information content (AvgIpc) is 2.98. The number of carbonyl (C=O) groups excluding carboxylic acids is 1. The van der Waals surface area contributed by atoms with Crippen LogP contribution in [0.15, 0.2) is 18.2 Å². The summed E-state index contributed by atoms with van der Waals surface area (Å²) < 4.78 is 45.0. The van der Waals surface area contributed by atoms with E-state index in [0.717, 1.165) is 12.6 Å². The van der Waals surface area contributed by atoms with Crippen molar-refractivity contribution in [3.8, 4) is 5.75 Å². The van der Waals surface area contributed by atoms with Gasteiger partial charge in [0.05, 0.1) is 17.6 Å². The van der Waals surface area contributed by atoms with E-state index in [-0.39, 0.29) is 35.8 Å². The molecule has 0 aromatic heterocycles. The van der Waals surface area contributed by atoms with Crippen molar-refractivity contribution >= 4 is 5.91 Å². The zero-order valence-electron chi connectivity index (χ0n) is 13.2. The van der Waals surface area contributed by atoms with Gasteiger partial charge in [-0.15, -0.1) is 0 Å². The standard InChI is InChI=1S/C16H21F3N2O2/c1-10(2)23-13-4-3-11(14(7-13)16(17,18)19)9-21-15(22)12-5-6-20-8-12/h3-4,7,10,12,20H,5-6,8-9H2,1-2H3,(H,21,22)/t12-/m1/s1. The molecular weight excluding hydrogens is 309 g/mol. The van der Waals surface area contributed by atoms with Gasteiger partial charge in [0.15, 0.2) is 0 Å². The minimum atomic E-state index is -4.49. The Morgan fingerprint density at radius 2 is 2.17 bits per heavy atom. The second-order valence-electron chi connectivity index (χ2n) is 5.89. The summed E-state index contributed by atoms with van der Waals surface area (Å²) in [6.45, 7) is 4.67. The topological polar surface area (TPSA) is 50.4 Å². The number of rotatable bonds is 5. The van der Waals surface area contributed by atoms with Gasteiger partial charge in [-0.25, -0.2) is 0 Å². The smallest absolute Gasteiger partial charge is 0.416 e. The van der Waals surface area contributed by atoms with Crippen molar-refractivity contribution in [3.05, 3.63) is 29.3 Å². The molecule has 4 nitrogen and oxygen atoms in total. The molecule has 1 aromatic carbocycles. The molecule has 1 aliphatic rings. The number of benzene rings is 1. The van der Waals surface area contributed by atoms with Gasteiger partial charge < -0.3 is 15.4 Å². The Morgan fingerprint density at radius 3 is 2.74 bits per heavy atom. The van der Waals surface area contributed by atoms with E-state index in [1.807, 2.05) is 0 Å². The average molecular weight is 330 g/mol. The molecule has 1 aromatic rings. The molecule has 0 unspecified atom stereocenters. The number of ether oxygens (including phenoxy) is 1. The van der Waals surface area contributed by atoms with Gasteiger partial charge in [0.1, 0.15) is 5.75 Å². The second kappa shape index (κ2) is 7.21. The molecule has 1 atom stereocenters. The number of hydrogen-bond acceptors (Lipinski definition) is 3. The maximum atomic E-state index is 13.2. The summed E-state index contributed by atoms with van der Waals surface area (Å²) in [5, 5.41) is 5.65. The Morgan fingerprint density at radius 1 is 1.43 bits per heavy atom. The second-order valence-corrected chi connectivity index (χ2v) is 5.89. The van der Waals surface area contributed by atoms with Crippen LogP contribution in [0.2, 0.25) is 0 Å². The first-order valence-corrected chi connectivity index (χ1v) is 7.62. The van der Waals surface area contributed by atoms with E-state index in [1.54, 1.807) is 13.8 Å². The summed E-state index contributed by atoms with van der Waals surface area (Å²) in [6, 6.07) is 3.83. The lowest BCUT2D eigenvalue weighted by atomic mass is 10.0. The fourth-order valence-corrected chi connectivity index (χ4v) is 2.52. The molecule has 1 amide bonds. The lowest BCUT2D eigenvalue weighted by Gasteiger charge is -2.17. The van der Waals surface area contributed by atoms with Gasteiger partial charge in [-0.1, -0.05) is 6.07 Å². The molecule has 0 saturated carbocycles. The van der Waals surface area contributed by atoms with E-state index in [0.29, 0.717) is 13.0 Å². The molecule has 0 bridgehead atoms. The van der Waals surface area contributed by atoms with Crippen LogP contribution in [0.5, 0.6) is 5.75 Å². The van der Waals surface area contributed by atoms with Gasteiger partial charge in [0, 0.05) is 13.1 Å². The number of hydrogen-bond donors (Lipinski definition) is 2. The van der Waals surface area contributed by atoms with Gasteiger partial charge in [-0.2, -0.15) is 13.2 Å². The van der Waals surface area contributed by atoms with Gasteiger partial charge in [0.25, 0.3) is 0 Å². The number of carbonyl (C=O) groups is 1. The maximum Gasteiger partial charge on any atom is 0.416 e. The third kappa shape index (κ3) is 4.86. The molecule has 23 heavy (non-hydrogen) atoms. The molecule has 1 heterocycles. The van der Waals surface area contributed by atoms with Crippen molar-refractivity contribution in [3.63, 3.8) is 0 Å². The Balaban J connectivity index is 2.11. The summed E-state index contributed by atoms with van der Waals surface area (Å²) in [5.41, 5.74) is -0.742. The van der Waals surface area contributed by atoms with E-state index < -0.39 is 11.7 Å². The van der Waals surface area contributed by atoms with Crippen LogP contribution in [0.3, 0.4) is 0 Å². The van der Waals surface area contributed by atoms with E-state index in [9.17, 15) is 18.0 Å². The summed E-state index contributed by atoms with van der Waals surface area (Å²) in [7, 11) is 0. The molecule has 1 aliphatic heterocycles. The highest BCUT2D eigenvalue weighted by molar-refractivity contribution is 5.79. The van der Waals surface area contributed by atoms with Crippen LogP contribution in [0.4, 0.5) is 13.2 Å². The highest BCUT2D eigenvalue weighted by atomic mass is 19.4. The number of amides is 1. The van der Waals surface area contributed by atoms with Crippen molar-refractivity contribution in [2.24, 2.45) is 5.92 Å². The predicted molar refractivity (Wildman–Crippen MR) is 80.0 cm³/mol. The Bertz CT molecular complexity index is 553. The Kier molecular flexibility index (Phi) is 5.51. The van der Waals surface area contributed by atoms with Crippen LogP contribution in [0.1, 0.15) is 31.4 Å². The number of halogens is 3. The van der Waals surface area contributed by atoms with Gasteiger partial charge in [-0.3, -0.25) is 4.79 Å². The van der Waals surface area contributed by atoms with Crippen LogP contribution < -0.4 is 15.4 Å². The molecule has 128 valence electrons. The first kappa shape index (κ1) is 17.6. The first-order chi connectivity index (χ1) is 10.8. The number of alkyl halides is 3. The highest BCUT2D eigenvalue weighted by Crippen LogP contribution is 2.34. The lowest BCUT2D eigenvalue weighted by Crippen LogP contribution is -2.32. The van der Waals surface area contributed by atoms with Crippen molar-refractivity contribution in [1.29, 1.82) is 0 Å². The molecule has 0 spiro atoms. The van der Waals surface area contributed by atoms with E-state index in [4.69, 9.17) is 4.74 Å². The third-order valence-electron chi connectivity index (χ3n) is 3.64. The minimum Gasteiger partial charge on any atom is -0.491 e. The molecule has 2 rings (SSSR count). The Hall–Kier alpha value is -1.76. The quantitative estimate of drug-likeness (QED) is 0.873. The predicted octanol–water partition coefficient (Wildman–Crippen LogP) is 2.72. The normalized spacial score (nSPS) is 18.3. The van der Waals surface area contributed by atoms with Gasteiger partial charge in [-0.05, 0) is 44.5 Å². The van der Waals surface area contributed by atoms with E-state index >= 15 is 0 Å². The molecule has 1 saturated heterocycles. The maximum absolute atomic E-state index is 13.2. The van der Waals surface area contributed by atoms with Crippen LogP contribution in [0.25, 0.3) is 0 Å². The molecule has 1 fully saturated rings. The monoisotopic (exact) mass is 330 g/mol.